The van der Waals surface area contributed by atoms with E-state index in [0.29, 0.717) is 42.3 Å². The first-order valence-corrected chi connectivity index (χ1v) is 14.0. The minimum Gasteiger partial charge on any atom is -0.493 e. The molecule has 9 heteroatoms. The molecule has 1 aliphatic heterocycles. The largest absolute Gasteiger partial charge is 0.493 e. The van der Waals surface area contributed by atoms with Gasteiger partial charge in [0.25, 0.3) is 5.91 Å². The van der Waals surface area contributed by atoms with Crippen LogP contribution in [-0.4, -0.2) is 76.4 Å². The van der Waals surface area contributed by atoms with Gasteiger partial charge < -0.3 is 28.6 Å². The van der Waals surface area contributed by atoms with Crippen LogP contribution < -0.4 is 14.2 Å². The molecular formula is C31H47ClN2O6. The highest BCUT2D eigenvalue weighted by Gasteiger charge is 2.37. The van der Waals surface area contributed by atoms with Gasteiger partial charge in [0, 0.05) is 52.3 Å². The Labute approximate surface area is 246 Å². The van der Waals surface area contributed by atoms with Crippen LogP contribution in [0.3, 0.4) is 0 Å². The molecule has 0 N–H and O–H groups in total. The van der Waals surface area contributed by atoms with Crippen LogP contribution in [0.25, 0.3) is 0 Å². The number of hydrogen-bond acceptors (Lipinski definition) is 7. The maximum absolute atomic E-state index is 13.7. The summed E-state index contributed by atoms with van der Waals surface area (Å²) >= 11 is 0. The second-order valence-electron chi connectivity index (χ2n) is 10.0. The number of amides is 1. The summed E-state index contributed by atoms with van der Waals surface area (Å²) in [6, 6.07) is 13.6. The molecule has 0 radical (unpaired) electrons. The van der Waals surface area contributed by atoms with E-state index < -0.39 is 5.91 Å². The van der Waals surface area contributed by atoms with E-state index in [2.05, 4.69) is 24.0 Å². The third kappa shape index (κ3) is 8.26. The van der Waals surface area contributed by atoms with E-state index in [4.69, 9.17) is 23.7 Å². The van der Waals surface area contributed by atoms with Crippen LogP contribution in [0.2, 0.25) is 0 Å². The number of unbranched alkanes of at least 4 members (excludes halogenated alkanes) is 4. The lowest BCUT2D eigenvalue weighted by Crippen LogP contribution is -2.53. The van der Waals surface area contributed by atoms with Gasteiger partial charge in [0.15, 0.2) is 17.7 Å². The summed E-state index contributed by atoms with van der Waals surface area (Å²) in [5.74, 6) is 0.656. The summed E-state index contributed by atoms with van der Waals surface area (Å²) in [7, 11) is 8.47. The Hall–Kier alpha value is -2.52. The third-order valence-corrected chi connectivity index (χ3v) is 7.52. The van der Waals surface area contributed by atoms with Gasteiger partial charge in [-0.15, -0.1) is 12.4 Å². The molecular weight excluding hydrogens is 532 g/mol. The monoisotopic (exact) mass is 578 g/mol. The Morgan fingerprint density at radius 1 is 0.925 bits per heavy atom. The fourth-order valence-electron chi connectivity index (χ4n) is 5.18. The van der Waals surface area contributed by atoms with Crippen molar-refractivity contribution in [3.05, 3.63) is 53.6 Å². The minimum atomic E-state index is -0.904. The summed E-state index contributed by atoms with van der Waals surface area (Å²) in [4.78, 5) is 17.7. The van der Waals surface area contributed by atoms with Gasteiger partial charge in [0.05, 0.1) is 19.8 Å². The van der Waals surface area contributed by atoms with Crippen LogP contribution in [0.15, 0.2) is 42.5 Å². The van der Waals surface area contributed by atoms with Crippen LogP contribution in [-0.2, 0) is 15.9 Å². The molecule has 0 aliphatic carbocycles. The Bertz CT molecular complexity index is 1030. The molecule has 1 aliphatic rings. The molecule has 224 valence electrons. The molecule has 8 nitrogen and oxygen atoms in total. The van der Waals surface area contributed by atoms with E-state index in [1.807, 2.05) is 30.1 Å². The van der Waals surface area contributed by atoms with E-state index in [1.165, 1.54) is 19.3 Å². The van der Waals surface area contributed by atoms with Crippen molar-refractivity contribution in [2.45, 2.75) is 70.4 Å². The number of methoxy groups -OCH3 is 4. The Balaban J connectivity index is 0.00000560. The predicted molar refractivity (Wildman–Crippen MR) is 160 cm³/mol. The van der Waals surface area contributed by atoms with Gasteiger partial charge in [-0.1, -0.05) is 62.9 Å². The third-order valence-electron chi connectivity index (χ3n) is 7.52. The SMILES string of the molecule is CCCCCCCC1Oc2cc(OC)c(OC)cc2C(=O)N1CCCN(C)C(Cc1ccccc1)(OC)OC.Cl. The fourth-order valence-corrected chi connectivity index (χ4v) is 5.18. The standard InChI is InChI=1S/C31H46N2O6.ClH/c1-7-8-9-10-14-18-29-33(30(34)25-21-27(35-3)28(36-4)22-26(25)39-29)20-15-19-32(2)31(37-5,38-6)23-24-16-12-11-13-17-24;/h11-13,16-17,21-22,29H,7-10,14-15,18-20,23H2,1-6H3;1H. The molecule has 2 aromatic carbocycles. The molecule has 0 spiro atoms. The van der Waals surface area contributed by atoms with Crippen molar-refractivity contribution < 1.29 is 28.5 Å². The summed E-state index contributed by atoms with van der Waals surface area (Å²) in [6.07, 6.45) is 7.52. The van der Waals surface area contributed by atoms with Crippen LogP contribution in [0.5, 0.6) is 17.2 Å². The Morgan fingerprint density at radius 3 is 2.20 bits per heavy atom. The lowest BCUT2D eigenvalue weighted by atomic mass is 10.1. The number of ether oxygens (including phenoxy) is 5. The van der Waals surface area contributed by atoms with Gasteiger partial charge in [0.1, 0.15) is 5.75 Å². The lowest BCUT2D eigenvalue weighted by Gasteiger charge is -2.40. The van der Waals surface area contributed by atoms with Gasteiger partial charge in [-0.3, -0.25) is 9.69 Å². The van der Waals surface area contributed by atoms with Gasteiger partial charge in [-0.2, -0.15) is 0 Å². The smallest absolute Gasteiger partial charge is 0.260 e. The van der Waals surface area contributed by atoms with E-state index in [9.17, 15) is 4.79 Å². The molecule has 2 aromatic rings. The molecule has 0 saturated carbocycles. The van der Waals surface area contributed by atoms with Crippen molar-refractivity contribution in [3.63, 3.8) is 0 Å². The average molecular weight is 579 g/mol. The van der Waals surface area contributed by atoms with Crippen molar-refractivity contribution in [2.75, 3.05) is 48.6 Å². The molecule has 0 saturated heterocycles. The second kappa shape index (κ2) is 16.7. The maximum atomic E-state index is 13.7. The zero-order valence-electron chi connectivity index (χ0n) is 24.9. The van der Waals surface area contributed by atoms with E-state index >= 15 is 0 Å². The molecule has 3 rings (SSSR count). The topological polar surface area (TPSA) is 69.7 Å². The molecule has 1 amide bonds. The van der Waals surface area contributed by atoms with Gasteiger partial charge in [-0.25, -0.2) is 0 Å². The van der Waals surface area contributed by atoms with Crippen molar-refractivity contribution in [2.24, 2.45) is 0 Å². The van der Waals surface area contributed by atoms with Crippen molar-refractivity contribution in [1.82, 2.24) is 9.80 Å². The number of nitrogens with zero attached hydrogens (tertiary/aromatic N) is 2. The highest BCUT2D eigenvalue weighted by Crippen LogP contribution is 2.39. The quantitative estimate of drug-likeness (QED) is 0.164. The van der Waals surface area contributed by atoms with Gasteiger partial charge in [0.2, 0.25) is 5.91 Å². The summed E-state index contributed by atoms with van der Waals surface area (Å²) in [5, 5.41) is 0. The van der Waals surface area contributed by atoms with Crippen LogP contribution in [0, 0.1) is 0 Å². The first kappa shape index (κ1) is 33.7. The molecule has 1 heterocycles. The second-order valence-corrected chi connectivity index (χ2v) is 10.0. The highest BCUT2D eigenvalue weighted by molar-refractivity contribution is 5.98. The number of likely N-dealkylation sites (N-methyl/N-ethyl adjacent to an activating group) is 1. The van der Waals surface area contributed by atoms with E-state index in [-0.39, 0.29) is 24.5 Å². The minimum absolute atomic E-state index is 0. The number of halogens is 1. The van der Waals surface area contributed by atoms with Crippen molar-refractivity contribution in [3.8, 4) is 17.2 Å². The first-order valence-electron chi connectivity index (χ1n) is 14.0. The highest BCUT2D eigenvalue weighted by atomic mass is 35.5. The number of fused-ring (bicyclic) bond motifs is 1. The van der Waals surface area contributed by atoms with Crippen molar-refractivity contribution in [1.29, 1.82) is 0 Å². The Kier molecular flexibility index (Phi) is 14.0. The zero-order chi connectivity index (χ0) is 28.3. The van der Waals surface area contributed by atoms with E-state index in [0.717, 1.165) is 31.2 Å². The van der Waals surface area contributed by atoms with Gasteiger partial charge in [-0.05, 0) is 25.5 Å². The number of rotatable bonds is 17. The predicted octanol–water partition coefficient (Wildman–Crippen LogP) is 6.16. The van der Waals surface area contributed by atoms with Gasteiger partial charge >= 0.3 is 0 Å². The molecule has 0 bridgehead atoms. The van der Waals surface area contributed by atoms with Crippen molar-refractivity contribution >= 4 is 18.3 Å². The number of carbonyl (C=O) groups excluding carboxylic acids is 1. The number of carbonyl (C=O) groups is 1. The molecule has 40 heavy (non-hydrogen) atoms. The normalized spacial score (nSPS) is 14.9. The maximum Gasteiger partial charge on any atom is 0.260 e. The molecule has 0 fully saturated rings. The fraction of sp³-hybridized carbons (Fsp3) is 0.581. The van der Waals surface area contributed by atoms with Crippen LogP contribution >= 0.6 is 12.4 Å². The lowest BCUT2D eigenvalue weighted by molar-refractivity contribution is -0.288. The molecule has 1 atom stereocenters. The summed E-state index contributed by atoms with van der Waals surface area (Å²) in [6.45, 7) is 3.42. The summed E-state index contributed by atoms with van der Waals surface area (Å²) < 4.78 is 29.1. The molecule has 1 unspecified atom stereocenters. The van der Waals surface area contributed by atoms with Crippen LogP contribution in [0.4, 0.5) is 0 Å². The average Bonchev–Trinajstić information content (AvgIpc) is 2.97. The van der Waals surface area contributed by atoms with Crippen LogP contribution in [0.1, 0.15) is 67.8 Å². The Morgan fingerprint density at radius 2 is 1.57 bits per heavy atom. The zero-order valence-corrected chi connectivity index (χ0v) is 25.8. The number of hydrogen-bond donors (Lipinski definition) is 0. The first-order chi connectivity index (χ1) is 18.9. The molecule has 0 aromatic heterocycles. The van der Waals surface area contributed by atoms with E-state index in [1.54, 1.807) is 40.6 Å². The number of benzene rings is 2. The summed E-state index contributed by atoms with van der Waals surface area (Å²) in [5.41, 5.74) is 1.62.